The van der Waals surface area contributed by atoms with Crippen LogP contribution in [-0.2, 0) is 6.54 Å². The van der Waals surface area contributed by atoms with E-state index in [0.29, 0.717) is 12.4 Å². The molecule has 0 aromatic carbocycles. The number of nitrogens with one attached hydrogen (secondary N) is 2. The Balaban J connectivity index is 3.11. The number of anilines is 1. The van der Waals surface area contributed by atoms with Crippen LogP contribution >= 0.6 is 0 Å². The molecule has 0 fully saturated rings. The Bertz CT molecular complexity index is 440. The van der Waals surface area contributed by atoms with Crippen LogP contribution in [0.5, 0.6) is 0 Å². The first-order valence-corrected chi connectivity index (χ1v) is 5.52. The van der Waals surface area contributed by atoms with Gasteiger partial charge in [0.05, 0.1) is 0 Å². The second-order valence-electron chi connectivity index (χ2n) is 4.43. The summed E-state index contributed by atoms with van der Waals surface area (Å²) in [4.78, 5) is 25.8. The van der Waals surface area contributed by atoms with E-state index in [9.17, 15) is 9.59 Å². The summed E-state index contributed by atoms with van der Waals surface area (Å²) in [6.45, 7) is 8.21. The minimum atomic E-state index is -0.371. The Hall–Kier alpha value is -1.52. The van der Waals surface area contributed by atoms with Crippen molar-refractivity contribution in [2.45, 2.75) is 46.2 Å². The van der Waals surface area contributed by atoms with Gasteiger partial charge in [0.15, 0.2) is 0 Å². The topological polar surface area (TPSA) is 66.9 Å². The van der Waals surface area contributed by atoms with E-state index >= 15 is 0 Å². The van der Waals surface area contributed by atoms with Crippen LogP contribution in [0.25, 0.3) is 0 Å². The van der Waals surface area contributed by atoms with Gasteiger partial charge in [0.2, 0.25) is 0 Å². The molecule has 5 heteroatoms. The molecule has 1 aromatic heterocycles. The van der Waals surface area contributed by atoms with Crippen LogP contribution in [0.3, 0.4) is 0 Å². The molecular weight excluding hydrogens is 206 g/mol. The highest BCUT2D eigenvalue weighted by Gasteiger charge is 2.15. The van der Waals surface area contributed by atoms with Gasteiger partial charge in [-0.15, -0.1) is 0 Å². The van der Waals surface area contributed by atoms with Gasteiger partial charge in [0.1, 0.15) is 5.82 Å². The average Bonchev–Trinajstić information content (AvgIpc) is 2.16. The third-order valence-corrected chi connectivity index (χ3v) is 2.69. The first-order chi connectivity index (χ1) is 7.39. The molecule has 0 bridgehead atoms. The first-order valence-electron chi connectivity index (χ1n) is 5.52. The fraction of sp³-hybridized carbons (Fsp3) is 0.636. The van der Waals surface area contributed by atoms with E-state index in [1.54, 1.807) is 6.92 Å². The molecule has 1 aromatic rings. The Kier molecular flexibility index (Phi) is 3.57. The van der Waals surface area contributed by atoms with E-state index in [4.69, 9.17) is 0 Å². The molecule has 0 aliphatic carbocycles. The van der Waals surface area contributed by atoms with Crippen LogP contribution in [-0.4, -0.2) is 15.1 Å². The molecule has 1 heterocycles. The summed E-state index contributed by atoms with van der Waals surface area (Å²) in [6, 6.07) is 1.42. The Morgan fingerprint density at radius 1 is 1.38 bits per heavy atom. The zero-order chi connectivity index (χ0) is 12.3. The highest BCUT2D eigenvalue weighted by molar-refractivity contribution is 5.35. The lowest BCUT2D eigenvalue weighted by atomic mass is 10.0. The van der Waals surface area contributed by atoms with E-state index in [1.165, 1.54) is 6.07 Å². The van der Waals surface area contributed by atoms with E-state index in [1.807, 2.05) is 20.8 Å². The predicted octanol–water partition coefficient (Wildman–Crippen LogP) is 1.16. The summed E-state index contributed by atoms with van der Waals surface area (Å²) >= 11 is 0. The highest BCUT2D eigenvalue weighted by atomic mass is 16.2. The Morgan fingerprint density at radius 3 is 2.44 bits per heavy atom. The van der Waals surface area contributed by atoms with Gasteiger partial charge in [-0.3, -0.25) is 14.3 Å². The van der Waals surface area contributed by atoms with Crippen molar-refractivity contribution in [2.24, 2.45) is 0 Å². The van der Waals surface area contributed by atoms with Crippen molar-refractivity contribution in [2.75, 3.05) is 5.32 Å². The fourth-order valence-corrected chi connectivity index (χ4v) is 1.34. The molecule has 90 valence electrons. The van der Waals surface area contributed by atoms with Crippen LogP contribution < -0.4 is 16.6 Å². The lowest BCUT2D eigenvalue weighted by Gasteiger charge is -2.25. The van der Waals surface area contributed by atoms with E-state index in [2.05, 4.69) is 10.3 Å². The van der Waals surface area contributed by atoms with Crippen molar-refractivity contribution in [1.82, 2.24) is 9.55 Å². The van der Waals surface area contributed by atoms with Crippen LogP contribution in [0, 0.1) is 0 Å². The smallest absolute Gasteiger partial charge is 0.329 e. The summed E-state index contributed by atoms with van der Waals surface area (Å²) in [5, 5.41) is 3.13. The molecule has 0 aliphatic rings. The molecule has 0 radical (unpaired) electrons. The molecule has 1 rings (SSSR count). The van der Waals surface area contributed by atoms with Gasteiger partial charge < -0.3 is 5.32 Å². The summed E-state index contributed by atoms with van der Waals surface area (Å²) in [6.07, 6.45) is 0.895. The van der Waals surface area contributed by atoms with Gasteiger partial charge in [0, 0.05) is 18.2 Å². The predicted molar refractivity (Wildman–Crippen MR) is 65.0 cm³/mol. The minimum absolute atomic E-state index is 0.145. The van der Waals surface area contributed by atoms with Crippen molar-refractivity contribution < 1.29 is 0 Å². The second-order valence-corrected chi connectivity index (χ2v) is 4.43. The minimum Gasteiger partial charge on any atom is -0.366 e. The Labute approximate surface area is 94.5 Å². The van der Waals surface area contributed by atoms with Gasteiger partial charge >= 0.3 is 5.69 Å². The number of hydrogen-bond acceptors (Lipinski definition) is 3. The number of aromatic nitrogens is 2. The number of nitrogens with zero attached hydrogens (tertiary/aromatic N) is 1. The summed E-state index contributed by atoms with van der Waals surface area (Å²) in [5.74, 6) is 0.478. The maximum Gasteiger partial charge on any atom is 0.329 e. The largest absolute Gasteiger partial charge is 0.366 e. The average molecular weight is 225 g/mol. The zero-order valence-electron chi connectivity index (χ0n) is 10.3. The lowest BCUT2D eigenvalue weighted by Crippen LogP contribution is -2.37. The maximum absolute atomic E-state index is 11.6. The molecular formula is C11H19N3O2. The van der Waals surface area contributed by atoms with Crippen molar-refractivity contribution in [3.63, 3.8) is 0 Å². The summed E-state index contributed by atoms with van der Waals surface area (Å²) < 4.78 is 1.16. The van der Waals surface area contributed by atoms with Gasteiger partial charge in [-0.05, 0) is 27.2 Å². The van der Waals surface area contributed by atoms with Crippen molar-refractivity contribution in [1.29, 1.82) is 0 Å². The summed E-state index contributed by atoms with van der Waals surface area (Å²) in [7, 11) is 0. The highest BCUT2D eigenvalue weighted by Crippen LogP contribution is 2.13. The third-order valence-electron chi connectivity index (χ3n) is 2.69. The van der Waals surface area contributed by atoms with Gasteiger partial charge in [-0.1, -0.05) is 6.92 Å². The second kappa shape index (κ2) is 4.55. The fourth-order valence-electron chi connectivity index (χ4n) is 1.34. The molecule has 16 heavy (non-hydrogen) atoms. The summed E-state index contributed by atoms with van der Waals surface area (Å²) in [5.41, 5.74) is -0.793. The van der Waals surface area contributed by atoms with Crippen LogP contribution in [0.2, 0.25) is 0 Å². The number of H-pyrrole nitrogens is 1. The third kappa shape index (κ3) is 2.74. The van der Waals surface area contributed by atoms with Crippen molar-refractivity contribution in [3.8, 4) is 0 Å². The van der Waals surface area contributed by atoms with Gasteiger partial charge in [0.25, 0.3) is 5.56 Å². The SMILES string of the molecule is CCn1c(=O)cc(NC(C)(C)CC)[nH]c1=O. The van der Waals surface area contributed by atoms with E-state index in [0.717, 1.165) is 11.0 Å². The Morgan fingerprint density at radius 2 is 2.00 bits per heavy atom. The van der Waals surface area contributed by atoms with Crippen LogP contribution in [0.15, 0.2) is 15.7 Å². The first kappa shape index (κ1) is 12.5. The molecule has 0 saturated heterocycles. The number of rotatable bonds is 4. The van der Waals surface area contributed by atoms with Crippen LogP contribution in [0.4, 0.5) is 5.82 Å². The molecule has 5 nitrogen and oxygen atoms in total. The molecule has 0 unspecified atom stereocenters. The molecule has 0 atom stereocenters. The van der Waals surface area contributed by atoms with E-state index < -0.39 is 0 Å². The van der Waals surface area contributed by atoms with Gasteiger partial charge in [-0.25, -0.2) is 4.79 Å². The van der Waals surface area contributed by atoms with Crippen LogP contribution in [0.1, 0.15) is 34.1 Å². The van der Waals surface area contributed by atoms with Gasteiger partial charge in [-0.2, -0.15) is 0 Å². The normalized spacial score (nSPS) is 11.5. The molecule has 0 aliphatic heterocycles. The maximum atomic E-state index is 11.6. The monoisotopic (exact) mass is 225 g/mol. The molecule has 2 N–H and O–H groups in total. The quantitative estimate of drug-likeness (QED) is 0.808. The number of aromatic amines is 1. The zero-order valence-corrected chi connectivity index (χ0v) is 10.3. The van der Waals surface area contributed by atoms with Crippen molar-refractivity contribution in [3.05, 3.63) is 26.9 Å². The molecule has 0 spiro atoms. The standard InChI is InChI=1S/C11H19N3O2/c1-5-11(3,4)13-8-7-9(15)14(6-2)10(16)12-8/h7,13H,5-6H2,1-4H3,(H,12,16). The molecule has 0 saturated carbocycles. The number of hydrogen-bond donors (Lipinski definition) is 2. The molecule has 0 amide bonds. The lowest BCUT2D eigenvalue weighted by molar-refractivity contribution is 0.542. The van der Waals surface area contributed by atoms with E-state index in [-0.39, 0.29) is 16.8 Å². The van der Waals surface area contributed by atoms with Crippen molar-refractivity contribution >= 4 is 5.82 Å².